The Balaban J connectivity index is 1.53. The molecule has 0 bridgehead atoms. The van der Waals surface area contributed by atoms with E-state index in [1.54, 1.807) is 4.90 Å². The highest BCUT2D eigenvalue weighted by atomic mass is 35.5. The third-order valence-electron chi connectivity index (χ3n) is 5.08. The van der Waals surface area contributed by atoms with Gasteiger partial charge in [-0.1, -0.05) is 35.9 Å². The summed E-state index contributed by atoms with van der Waals surface area (Å²) in [6, 6.07) is 16.1. The summed E-state index contributed by atoms with van der Waals surface area (Å²) in [4.78, 5) is 18.9. The lowest BCUT2D eigenvalue weighted by Crippen LogP contribution is -2.36. The fourth-order valence-electron chi connectivity index (χ4n) is 3.67. The van der Waals surface area contributed by atoms with Crippen molar-refractivity contribution in [2.75, 3.05) is 18.4 Å². The lowest BCUT2D eigenvalue weighted by atomic mass is 10.2. The number of anilines is 1. The number of likely N-dealkylation sites (tertiary alicyclic amines) is 1. The van der Waals surface area contributed by atoms with Gasteiger partial charge >= 0.3 is 6.09 Å². The molecule has 30 heavy (non-hydrogen) atoms. The molecule has 0 aliphatic carbocycles. The molecular weight excluding hydrogens is 400 g/mol. The van der Waals surface area contributed by atoms with Crippen molar-refractivity contribution in [3.8, 4) is 0 Å². The minimum absolute atomic E-state index is 0.123. The van der Waals surface area contributed by atoms with Crippen molar-refractivity contribution >= 4 is 34.7 Å². The Labute approximate surface area is 181 Å². The summed E-state index contributed by atoms with van der Waals surface area (Å²) >= 11 is 6.04. The second-order valence-corrected chi connectivity index (χ2v) is 9.13. The van der Waals surface area contributed by atoms with E-state index in [1.807, 2.05) is 63.2 Å². The number of aromatic nitrogens is 2. The van der Waals surface area contributed by atoms with Gasteiger partial charge in [-0.05, 0) is 57.0 Å². The van der Waals surface area contributed by atoms with Gasteiger partial charge in [0.25, 0.3) is 0 Å². The first-order valence-corrected chi connectivity index (χ1v) is 10.6. The fourth-order valence-corrected chi connectivity index (χ4v) is 3.80. The van der Waals surface area contributed by atoms with Crippen molar-refractivity contribution in [3.63, 3.8) is 0 Å². The minimum Gasteiger partial charge on any atom is -0.444 e. The van der Waals surface area contributed by atoms with E-state index < -0.39 is 5.60 Å². The molecule has 1 fully saturated rings. The van der Waals surface area contributed by atoms with Crippen LogP contribution in [0, 0.1) is 0 Å². The van der Waals surface area contributed by atoms with E-state index in [0.717, 1.165) is 34.0 Å². The van der Waals surface area contributed by atoms with Crippen LogP contribution >= 0.6 is 11.6 Å². The Morgan fingerprint density at radius 3 is 2.67 bits per heavy atom. The summed E-state index contributed by atoms with van der Waals surface area (Å²) in [6.07, 6.45) is 0.588. The summed E-state index contributed by atoms with van der Waals surface area (Å²) in [6.45, 7) is 7.60. The maximum Gasteiger partial charge on any atom is 0.410 e. The summed E-state index contributed by atoms with van der Waals surface area (Å²) in [5, 5.41) is 4.28. The first-order chi connectivity index (χ1) is 14.3. The largest absolute Gasteiger partial charge is 0.444 e. The topological polar surface area (TPSA) is 59.4 Å². The standard InChI is InChI=1S/C23H27ClN4O2/c1-23(2,3)30-22(29)27-13-12-18(15-27)25-21-26-19-6-4-5-7-20(19)28(21)14-16-8-10-17(24)11-9-16/h4-11,18H,12-15H2,1-3H3,(H,25,26). The summed E-state index contributed by atoms with van der Waals surface area (Å²) < 4.78 is 7.68. The molecule has 1 aromatic heterocycles. The number of amides is 1. The van der Waals surface area contributed by atoms with Crippen LogP contribution in [0.3, 0.4) is 0 Å². The van der Waals surface area contributed by atoms with Crippen LogP contribution in [0.1, 0.15) is 32.8 Å². The number of nitrogens with one attached hydrogen (secondary N) is 1. The van der Waals surface area contributed by atoms with E-state index in [1.165, 1.54) is 0 Å². The predicted molar refractivity (Wildman–Crippen MR) is 120 cm³/mol. The lowest BCUT2D eigenvalue weighted by molar-refractivity contribution is 0.0293. The van der Waals surface area contributed by atoms with Gasteiger partial charge in [0, 0.05) is 24.2 Å². The highest BCUT2D eigenvalue weighted by Crippen LogP contribution is 2.24. The number of hydrogen-bond donors (Lipinski definition) is 1. The van der Waals surface area contributed by atoms with Crippen LogP contribution in [0.4, 0.5) is 10.7 Å². The number of carbonyl (C=O) groups is 1. The second-order valence-electron chi connectivity index (χ2n) is 8.69. The van der Waals surface area contributed by atoms with E-state index in [0.29, 0.717) is 19.6 Å². The molecule has 1 N–H and O–H groups in total. The molecule has 6 nitrogen and oxygen atoms in total. The molecule has 4 rings (SSSR count). The number of fused-ring (bicyclic) bond motifs is 1. The number of rotatable bonds is 4. The first-order valence-electron chi connectivity index (χ1n) is 10.2. The molecule has 158 valence electrons. The van der Waals surface area contributed by atoms with Crippen LogP contribution in [0.25, 0.3) is 11.0 Å². The molecule has 1 saturated heterocycles. The maximum absolute atomic E-state index is 12.4. The Kier molecular flexibility index (Phi) is 5.60. The smallest absolute Gasteiger partial charge is 0.410 e. The summed E-state index contributed by atoms with van der Waals surface area (Å²) in [5.41, 5.74) is 2.66. The van der Waals surface area contributed by atoms with Gasteiger partial charge in [-0.3, -0.25) is 0 Å². The average Bonchev–Trinajstić information content (AvgIpc) is 3.28. The van der Waals surface area contributed by atoms with Gasteiger partial charge in [-0.25, -0.2) is 9.78 Å². The van der Waals surface area contributed by atoms with Gasteiger partial charge in [0.2, 0.25) is 5.95 Å². The zero-order valence-corrected chi connectivity index (χ0v) is 18.3. The van der Waals surface area contributed by atoms with Crippen molar-refractivity contribution in [3.05, 3.63) is 59.1 Å². The number of para-hydroxylation sites is 2. The number of imidazole rings is 1. The lowest BCUT2D eigenvalue weighted by Gasteiger charge is -2.24. The van der Waals surface area contributed by atoms with Crippen molar-refractivity contribution in [1.29, 1.82) is 0 Å². The van der Waals surface area contributed by atoms with E-state index in [2.05, 4.69) is 16.0 Å². The number of ether oxygens (including phenoxy) is 1. The number of halogens is 1. The highest BCUT2D eigenvalue weighted by molar-refractivity contribution is 6.30. The first kappa shape index (κ1) is 20.5. The average molecular weight is 427 g/mol. The number of hydrogen-bond acceptors (Lipinski definition) is 4. The Bertz CT molecular complexity index is 1040. The van der Waals surface area contributed by atoms with Gasteiger partial charge in [0.15, 0.2) is 0 Å². The zero-order valence-electron chi connectivity index (χ0n) is 17.6. The predicted octanol–water partition coefficient (Wildman–Crippen LogP) is 5.16. The molecule has 0 radical (unpaired) electrons. The van der Waals surface area contributed by atoms with E-state index in [4.69, 9.17) is 21.3 Å². The Morgan fingerprint density at radius 2 is 1.93 bits per heavy atom. The minimum atomic E-state index is -0.491. The van der Waals surface area contributed by atoms with Crippen molar-refractivity contribution < 1.29 is 9.53 Å². The summed E-state index contributed by atoms with van der Waals surface area (Å²) in [7, 11) is 0. The molecule has 7 heteroatoms. The van der Waals surface area contributed by atoms with Crippen LogP contribution in [0.15, 0.2) is 48.5 Å². The number of carbonyl (C=O) groups excluding carboxylic acids is 1. The zero-order chi connectivity index (χ0) is 21.3. The van der Waals surface area contributed by atoms with Crippen molar-refractivity contribution in [2.45, 2.75) is 45.4 Å². The van der Waals surface area contributed by atoms with Crippen LogP contribution in [-0.2, 0) is 11.3 Å². The molecule has 1 atom stereocenters. The second kappa shape index (κ2) is 8.19. The fraction of sp³-hybridized carbons (Fsp3) is 0.391. The third-order valence-corrected chi connectivity index (χ3v) is 5.33. The molecule has 2 heterocycles. The van der Waals surface area contributed by atoms with E-state index >= 15 is 0 Å². The summed E-state index contributed by atoms with van der Waals surface area (Å²) in [5.74, 6) is 0.808. The van der Waals surface area contributed by atoms with E-state index in [9.17, 15) is 4.79 Å². The molecule has 2 aromatic carbocycles. The van der Waals surface area contributed by atoms with Gasteiger partial charge in [-0.15, -0.1) is 0 Å². The molecule has 1 unspecified atom stereocenters. The molecular formula is C23H27ClN4O2. The van der Waals surface area contributed by atoms with Gasteiger partial charge in [0.05, 0.1) is 17.6 Å². The normalized spacial score (nSPS) is 16.8. The van der Waals surface area contributed by atoms with Crippen LogP contribution in [-0.4, -0.2) is 45.3 Å². The van der Waals surface area contributed by atoms with Gasteiger partial charge in [0.1, 0.15) is 5.60 Å². The molecule has 1 amide bonds. The van der Waals surface area contributed by atoms with Crippen molar-refractivity contribution in [1.82, 2.24) is 14.5 Å². The van der Waals surface area contributed by atoms with Crippen molar-refractivity contribution in [2.24, 2.45) is 0 Å². The third kappa shape index (κ3) is 4.70. The monoisotopic (exact) mass is 426 g/mol. The van der Waals surface area contributed by atoms with Crippen LogP contribution < -0.4 is 5.32 Å². The highest BCUT2D eigenvalue weighted by Gasteiger charge is 2.30. The van der Waals surface area contributed by atoms with Gasteiger partial charge in [-0.2, -0.15) is 0 Å². The molecule has 3 aromatic rings. The molecule has 0 saturated carbocycles. The molecule has 1 aliphatic heterocycles. The van der Waals surface area contributed by atoms with E-state index in [-0.39, 0.29) is 12.1 Å². The van der Waals surface area contributed by atoms with Crippen LogP contribution in [0.5, 0.6) is 0 Å². The van der Waals surface area contributed by atoms with Crippen LogP contribution in [0.2, 0.25) is 5.02 Å². The molecule has 1 aliphatic rings. The SMILES string of the molecule is CC(C)(C)OC(=O)N1CCC(Nc2nc3ccccc3n2Cc2ccc(Cl)cc2)C1. The quantitative estimate of drug-likeness (QED) is 0.626. The Hall–Kier alpha value is -2.73. The van der Waals surface area contributed by atoms with Gasteiger partial charge < -0.3 is 19.5 Å². The maximum atomic E-state index is 12.4. The Morgan fingerprint density at radius 1 is 1.20 bits per heavy atom. The number of benzene rings is 2. The number of nitrogens with zero attached hydrogens (tertiary/aromatic N) is 3. The molecule has 0 spiro atoms.